The van der Waals surface area contributed by atoms with Crippen LogP contribution in [0.2, 0.25) is 0 Å². The highest BCUT2D eigenvalue weighted by molar-refractivity contribution is 5.85. The average molecular weight is 353 g/mol. The number of nitrogens with one attached hydrogen (secondary N) is 1. The van der Waals surface area contributed by atoms with Crippen molar-refractivity contribution >= 4 is 16.7 Å². The molecule has 4 nitrogen and oxygen atoms in total. The van der Waals surface area contributed by atoms with Gasteiger partial charge in [-0.1, -0.05) is 72.8 Å². The molecule has 0 saturated carbocycles. The Labute approximate surface area is 158 Å². The Bertz CT molecular complexity index is 1100. The predicted molar refractivity (Wildman–Crippen MR) is 106 cm³/mol. The molecule has 1 heterocycles. The second-order valence-corrected chi connectivity index (χ2v) is 6.49. The van der Waals surface area contributed by atoms with E-state index in [1.165, 1.54) is 10.8 Å². The molecule has 4 heteroatoms. The largest absolute Gasteiger partial charge is 0.423 e. The number of anilines is 1. The van der Waals surface area contributed by atoms with E-state index >= 15 is 0 Å². The van der Waals surface area contributed by atoms with Gasteiger partial charge in [-0.2, -0.15) is 5.26 Å². The van der Waals surface area contributed by atoms with Crippen molar-refractivity contribution in [1.82, 2.24) is 4.98 Å². The fraction of sp³-hybridized carbons (Fsp3) is 0.130. The molecule has 4 aromatic rings. The molecule has 3 aromatic carbocycles. The van der Waals surface area contributed by atoms with E-state index in [2.05, 4.69) is 40.6 Å². The standard InChI is InChI=1S/C23H19N3O/c1-16(17-8-3-2-4-9-17)25-23-21(15-24)26-22(27-23)14-19-12-7-11-18-10-5-6-13-20(18)19/h2-13,16,25H,14H2,1H3. The van der Waals surface area contributed by atoms with Crippen LogP contribution in [0.1, 0.15) is 35.7 Å². The Hall–Kier alpha value is -3.58. The number of nitriles is 1. The van der Waals surface area contributed by atoms with Crippen LogP contribution in [0.25, 0.3) is 10.8 Å². The first-order valence-corrected chi connectivity index (χ1v) is 8.92. The Balaban J connectivity index is 1.61. The SMILES string of the molecule is CC(Nc1oc(Cc2cccc3ccccc23)nc1C#N)c1ccccc1. The lowest BCUT2D eigenvalue weighted by atomic mass is 10.0. The number of fused-ring (bicyclic) bond motifs is 1. The molecule has 132 valence electrons. The molecule has 0 aliphatic carbocycles. The Morgan fingerprint density at radius 3 is 2.56 bits per heavy atom. The van der Waals surface area contributed by atoms with Crippen LogP contribution in [0.4, 0.5) is 5.88 Å². The van der Waals surface area contributed by atoms with Gasteiger partial charge >= 0.3 is 0 Å². The fourth-order valence-electron chi connectivity index (χ4n) is 3.24. The van der Waals surface area contributed by atoms with Gasteiger partial charge in [0.2, 0.25) is 17.5 Å². The lowest BCUT2D eigenvalue weighted by Crippen LogP contribution is -2.06. The first-order valence-electron chi connectivity index (χ1n) is 8.92. The van der Waals surface area contributed by atoms with Crippen molar-refractivity contribution in [3.63, 3.8) is 0 Å². The summed E-state index contributed by atoms with van der Waals surface area (Å²) in [5, 5.41) is 15.1. The van der Waals surface area contributed by atoms with Crippen molar-refractivity contribution in [1.29, 1.82) is 5.26 Å². The van der Waals surface area contributed by atoms with Crippen molar-refractivity contribution in [2.75, 3.05) is 5.32 Å². The second-order valence-electron chi connectivity index (χ2n) is 6.49. The van der Waals surface area contributed by atoms with Crippen LogP contribution in [-0.4, -0.2) is 4.98 Å². The lowest BCUT2D eigenvalue weighted by molar-refractivity contribution is 0.514. The van der Waals surface area contributed by atoms with Crippen LogP contribution >= 0.6 is 0 Å². The summed E-state index contributed by atoms with van der Waals surface area (Å²) >= 11 is 0. The molecule has 1 atom stereocenters. The van der Waals surface area contributed by atoms with E-state index < -0.39 is 0 Å². The quantitative estimate of drug-likeness (QED) is 0.517. The van der Waals surface area contributed by atoms with Crippen LogP contribution < -0.4 is 5.32 Å². The molecule has 1 unspecified atom stereocenters. The summed E-state index contributed by atoms with van der Waals surface area (Å²) in [6.07, 6.45) is 0.539. The molecule has 0 saturated heterocycles. The minimum absolute atomic E-state index is 0.0108. The lowest BCUT2D eigenvalue weighted by Gasteiger charge is -2.13. The summed E-state index contributed by atoms with van der Waals surface area (Å²) in [6.45, 7) is 2.03. The number of rotatable bonds is 5. The average Bonchev–Trinajstić information content (AvgIpc) is 3.10. The van der Waals surface area contributed by atoms with Gasteiger partial charge in [-0.25, -0.2) is 4.98 Å². The fourth-order valence-corrected chi connectivity index (χ4v) is 3.24. The number of hydrogen-bond acceptors (Lipinski definition) is 4. The van der Waals surface area contributed by atoms with Gasteiger partial charge in [0.15, 0.2) is 0 Å². The molecule has 0 fully saturated rings. The molecule has 0 amide bonds. The van der Waals surface area contributed by atoms with Gasteiger partial charge in [0.25, 0.3) is 0 Å². The Morgan fingerprint density at radius 1 is 1.00 bits per heavy atom. The predicted octanol–water partition coefficient (Wildman–Crippen LogP) is 5.46. The number of oxazole rings is 1. The first-order chi connectivity index (χ1) is 13.2. The van der Waals surface area contributed by atoms with Gasteiger partial charge in [-0.3, -0.25) is 0 Å². The molecular weight excluding hydrogens is 334 g/mol. The topological polar surface area (TPSA) is 61.9 Å². The molecule has 0 aliphatic rings. The van der Waals surface area contributed by atoms with E-state index in [1.54, 1.807) is 0 Å². The van der Waals surface area contributed by atoms with Crippen LogP contribution in [0.3, 0.4) is 0 Å². The number of hydrogen-bond donors (Lipinski definition) is 1. The zero-order chi connectivity index (χ0) is 18.6. The molecule has 0 bridgehead atoms. The maximum absolute atomic E-state index is 9.44. The summed E-state index contributed by atoms with van der Waals surface area (Å²) < 4.78 is 5.91. The first kappa shape index (κ1) is 16.9. The third kappa shape index (κ3) is 3.54. The van der Waals surface area contributed by atoms with E-state index in [0.717, 1.165) is 11.1 Å². The molecular formula is C23H19N3O. The van der Waals surface area contributed by atoms with Crippen molar-refractivity contribution in [2.45, 2.75) is 19.4 Å². The summed E-state index contributed by atoms with van der Waals surface area (Å²) in [5.41, 5.74) is 2.53. The van der Waals surface area contributed by atoms with Crippen LogP contribution in [0.5, 0.6) is 0 Å². The number of benzene rings is 3. The van der Waals surface area contributed by atoms with E-state index in [0.29, 0.717) is 18.2 Å². The molecule has 0 spiro atoms. The zero-order valence-electron chi connectivity index (χ0n) is 15.0. The Kier molecular flexibility index (Phi) is 4.59. The van der Waals surface area contributed by atoms with E-state index in [9.17, 15) is 5.26 Å². The summed E-state index contributed by atoms with van der Waals surface area (Å²) in [6, 6.07) is 26.6. The van der Waals surface area contributed by atoms with Gasteiger partial charge in [-0.05, 0) is 28.8 Å². The van der Waals surface area contributed by atoms with Gasteiger partial charge in [0, 0.05) is 0 Å². The van der Waals surface area contributed by atoms with Crippen molar-refractivity contribution in [3.8, 4) is 6.07 Å². The highest BCUT2D eigenvalue weighted by Gasteiger charge is 2.16. The molecule has 4 rings (SSSR count). The van der Waals surface area contributed by atoms with Crippen LogP contribution in [-0.2, 0) is 6.42 Å². The van der Waals surface area contributed by atoms with Gasteiger partial charge < -0.3 is 9.73 Å². The van der Waals surface area contributed by atoms with Gasteiger partial charge in [0.05, 0.1) is 12.5 Å². The minimum Gasteiger partial charge on any atom is -0.423 e. The molecule has 0 aliphatic heterocycles. The molecule has 1 N–H and O–H groups in total. The maximum Gasteiger partial charge on any atom is 0.232 e. The van der Waals surface area contributed by atoms with E-state index in [1.807, 2.05) is 55.5 Å². The van der Waals surface area contributed by atoms with Gasteiger partial charge in [-0.15, -0.1) is 0 Å². The van der Waals surface area contributed by atoms with Gasteiger partial charge in [0.1, 0.15) is 6.07 Å². The molecule has 1 aromatic heterocycles. The minimum atomic E-state index is 0.0108. The second kappa shape index (κ2) is 7.35. The smallest absolute Gasteiger partial charge is 0.232 e. The zero-order valence-corrected chi connectivity index (χ0v) is 15.0. The maximum atomic E-state index is 9.44. The highest BCUT2D eigenvalue weighted by Crippen LogP contribution is 2.26. The summed E-state index contributed by atoms with van der Waals surface area (Å²) in [4.78, 5) is 4.39. The number of nitrogens with zero attached hydrogens (tertiary/aromatic N) is 2. The third-order valence-corrected chi connectivity index (χ3v) is 4.65. The van der Waals surface area contributed by atoms with E-state index in [4.69, 9.17) is 4.42 Å². The van der Waals surface area contributed by atoms with Crippen LogP contribution in [0.15, 0.2) is 77.2 Å². The van der Waals surface area contributed by atoms with Crippen LogP contribution in [0, 0.1) is 11.3 Å². The monoisotopic (exact) mass is 353 g/mol. The highest BCUT2D eigenvalue weighted by atomic mass is 16.4. The van der Waals surface area contributed by atoms with Crippen molar-refractivity contribution in [3.05, 3.63) is 95.5 Å². The Morgan fingerprint density at radius 2 is 1.74 bits per heavy atom. The van der Waals surface area contributed by atoms with Crippen molar-refractivity contribution < 1.29 is 4.42 Å². The van der Waals surface area contributed by atoms with Crippen molar-refractivity contribution in [2.24, 2.45) is 0 Å². The normalized spacial score (nSPS) is 11.9. The summed E-state index contributed by atoms with van der Waals surface area (Å²) in [5.74, 6) is 0.953. The molecule has 0 radical (unpaired) electrons. The third-order valence-electron chi connectivity index (χ3n) is 4.65. The van der Waals surface area contributed by atoms with E-state index in [-0.39, 0.29) is 11.7 Å². The molecule has 27 heavy (non-hydrogen) atoms. The number of aromatic nitrogens is 1. The summed E-state index contributed by atoms with van der Waals surface area (Å²) in [7, 11) is 0.